The van der Waals surface area contributed by atoms with E-state index in [1.165, 1.54) is 4.57 Å². The van der Waals surface area contributed by atoms with Gasteiger partial charge < -0.3 is 4.98 Å². The van der Waals surface area contributed by atoms with Crippen LogP contribution in [0.15, 0.2) is 50.4 Å². The molecular formula is C24H25F3N8O3. The van der Waals surface area contributed by atoms with Crippen molar-refractivity contribution in [2.45, 2.75) is 58.2 Å². The van der Waals surface area contributed by atoms with Gasteiger partial charge in [-0.15, -0.1) is 5.10 Å². The lowest BCUT2D eigenvalue weighted by atomic mass is 10.0. The summed E-state index contributed by atoms with van der Waals surface area (Å²) in [5, 5.41) is 11.8. The highest BCUT2D eigenvalue weighted by Crippen LogP contribution is 2.27. The molecule has 3 heterocycles. The van der Waals surface area contributed by atoms with Crippen molar-refractivity contribution in [1.82, 2.24) is 24.9 Å². The van der Waals surface area contributed by atoms with E-state index in [-0.39, 0.29) is 53.4 Å². The molecule has 0 fully saturated rings. The molecule has 0 unspecified atom stereocenters. The van der Waals surface area contributed by atoms with Crippen LogP contribution in [0.3, 0.4) is 0 Å². The molecule has 0 saturated carbocycles. The Morgan fingerprint density at radius 2 is 1.82 bits per heavy atom. The van der Waals surface area contributed by atoms with Gasteiger partial charge in [0.2, 0.25) is 23.1 Å². The predicted octanol–water partition coefficient (Wildman–Crippen LogP) is 2.60. The number of nitrogens with one attached hydrogen (secondary N) is 3. The molecule has 0 radical (unpaired) electrons. The number of rotatable bonds is 10. The maximum Gasteiger partial charge on any atom is 0.449 e. The van der Waals surface area contributed by atoms with Gasteiger partial charge in [-0.3, -0.25) is 23.9 Å². The van der Waals surface area contributed by atoms with Crippen molar-refractivity contribution in [2.24, 2.45) is 15.3 Å². The van der Waals surface area contributed by atoms with Crippen LogP contribution in [-0.2, 0) is 28.7 Å². The molecule has 1 aromatic carbocycles. The number of aryl methyl sites for hydroxylation is 1. The number of fused-ring (bicyclic) bond motifs is 1. The summed E-state index contributed by atoms with van der Waals surface area (Å²) < 4.78 is 40.9. The second kappa shape index (κ2) is 11.4. The molecule has 0 atom stereocenters. The van der Waals surface area contributed by atoms with Crippen molar-refractivity contribution >= 4 is 34.3 Å². The largest absolute Gasteiger partial charge is 0.449 e. The average Bonchev–Trinajstić information content (AvgIpc) is 3.49. The number of benzene rings is 1. The third kappa shape index (κ3) is 6.12. The highest BCUT2D eigenvalue weighted by molar-refractivity contribution is 6.68. The van der Waals surface area contributed by atoms with Crippen LogP contribution in [0, 0.1) is 0 Å². The number of H-pyrrole nitrogens is 2. The number of amides is 1. The number of unbranched alkanes of at least 4 members (excludes halogenated alkanes) is 2. The molecule has 14 heteroatoms. The molecule has 11 nitrogen and oxygen atoms in total. The normalized spacial score (nSPS) is 14.2. The number of nitrogens with zero attached hydrogens (tertiary/aromatic N) is 5. The van der Waals surface area contributed by atoms with Gasteiger partial charge >= 0.3 is 6.18 Å². The van der Waals surface area contributed by atoms with E-state index in [4.69, 9.17) is 0 Å². The van der Waals surface area contributed by atoms with Crippen molar-refractivity contribution in [3.8, 4) is 0 Å². The first-order valence-corrected chi connectivity index (χ1v) is 12.0. The fourth-order valence-electron chi connectivity index (χ4n) is 3.85. The predicted molar refractivity (Wildman–Crippen MR) is 132 cm³/mol. The topological polar surface area (TPSA) is 150 Å². The van der Waals surface area contributed by atoms with E-state index < -0.39 is 23.5 Å². The SMILES string of the molecule is CCCCCn1c(=NNC(=O)CCC2=NN=C(Cc3ccccc3)C2=O)[nH]c(=O)c2[nH]c(C(F)(F)F)nc21. The molecule has 0 spiro atoms. The fraction of sp³-hybridized carbons (Fsp3) is 0.375. The number of halogens is 3. The molecule has 3 N–H and O–H groups in total. The van der Waals surface area contributed by atoms with Crippen molar-refractivity contribution in [3.63, 3.8) is 0 Å². The van der Waals surface area contributed by atoms with E-state index in [0.29, 0.717) is 12.8 Å². The lowest BCUT2D eigenvalue weighted by Crippen LogP contribution is -2.35. The molecule has 3 aromatic rings. The quantitative estimate of drug-likeness (QED) is 0.273. The van der Waals surface area contributed by atoms with Crippen molar-refractivity contribution in [3.05, 3.63) is 57.7 Å². The minimum atomic E-state index is -4.77. The molecule has 1 amide bonds. The lowest BCUT2D eigenvalue weighted by molar-refractivity contribution is -0.144. The van der Waals surface area contributed by atoms with Gasteiger partial charge in [0, 0.05) is 25.8 Å². The first-order valence-electron chi connectivity index (χ1n) is 12.0. The van der Waals surface area contributed by atoms with Crippen LogP contribution in [0.2, 0.25) is 0 Å². The number of Topliss-reactive ketones (excluding diaryl/α,β-unsaturated/α-hetero) is 1. The fourth-order valence-corrected chi connectivity index (χ4v) is 3.85. The molecule has 1 aliphatic rings. The molecule has 200 valence electrons. The zero-order chi connectivity index (χ0) is 27.3. The van der Waals surface area contributed by atoms with Gasteiger partial charge in [0.05, 0.1) is 0 Å². The number of hydrogen-bond acceptors (Lipinski definition) is 7. The van der Waals surface area contributed by atoms with Gasteiger partial charge in [-0.2, -0.15) is 23.4 Å². The van der Waals surface area contributed by atoms with Gasteiger partial charge in [-0.25, -0.2) is 10.4 Å². The van der Waals surface area contributed by atoms with Crippen LogP contribution < -0.4 is 16.6 Å². The van der Waals surface area contributed by atoms with E-state index in [0.717, 1.165) is 18.4 Å². The Kier molecular flexibility index (Phi) is 7.98. The maximum absolute atomic E-state index is 13.2. The zero-order valence-corrected chi connectivity index (χ0v) is 20.4. The number of aromatic amines is 2. The van der Waals surface area contributed by atoms with Crippen LogP contribution in [-0.4, -0.2) is 42.6 Å². The Hall–Kier alpha value is -4.36. The highest BCUT2D eigenvalue weighted by atomic mass is 19.4. The van der Waals surface area contributed by atoms with E-state index in [1.807, 2.05) is 42.2 Å². The highest BCUT2D eigenvalue weighted by Gasteiger charge is 2.35. The Bertz CT molecular complexity index is 1530. The van der Waals surface area contributed by atoms with Crippen LogP contribution in [0.1, 0.15) is 50.4 Å². The number of hydrogen-bond donors (Lipinski definition) is 3. The summed E-state index contributed by atoms with van der Waals surface area (Å²) >= 11 is 0. The lowest BCUT2D eigenvalue weighted by Gasteiger charge is -2.08. The van der Waals surface area contributed by atoms with Gasteiger partial charge in [0.25, 0.3) is 5.56 Å². The number of carbonyl (C=O) groups is 2. The average molecular weight is 531 g/mol. The van der Waals surface area contributed by atoms with Gasteiger partial charge in [0.15, 0.2) is 5.65 Å². The summed E-state index contributed by atoms with van der Waals surface area (Å²) in [5.74, 6) is -2.23. The molecule has 38 heavy (non-hydrogen) atoms. The molecule has 0 bridgehead atoms. The first kappa shape index (κ1) is 26.7. The Labute approximate surface area is 213 Å². The molecule has 1 aliphatic heterocycles. The molecule has 0 saturated heterocycles. The Balaban J connectivity index is 1.46. The third-order valence-electron chi connectivity index (χ3n) is 5.81. The minimum Gasteiger partial charge on any atom is -0.328 e. The number of imidazole rings is 1. The Morgan fingerprint density at radius 1 is 1.08 bits per heavy atom. The summed E-state index contributed by atoms with van der Waals surface area (Å²) in [7, 11) is 0. The van der Waals surface area contributed by atoms with Crippen LogP contribution in [0.25, 0.3) is 11.2 Å². The van der Waals surface area contributed by atoms with Crippen LogP contribution >= 0.6 is 0 Å². The van der Waals surface area contributed by atoms with E-state index in [2.05, 4.69) is 30.7 Å². The summed E-state index contributed by atoms with van der Waals surface area (Å²) in [6, 6.07) is 9.30. The van der Waals surface area contributed by atoms with Crippen molar-refractivity contribution in [1.29, 1.82) is 0 Å². The van der Waals surface area contributed by atoms with Crippen molar-refractivity contribution < 1.29 is 22.8 Å². The van der Waals surface area contributed by atoms with Crippen LogP contribution in [0.5, 0.6) is 0 Å². The van der Waals surface area contributed by atoms with E-state index in [1.54, 1.807) is 0 Å². The second-order valence-electron chi connectivity index (χ2n) is 8.65. The smallest absolute Gasteiger partial charge is 0.328 e. The summed E-state index contributed by atoms with van der Waals surface area (Å²) in [5.41, 5.74) is 2.03. The third-order valence-corrected chi connectivity index (χ3v) is 5.81. The van der Waals surface area contributed by atoms with Crippen LogP contribution in [0.4, 0.5) is 13.2 Å². The van der Waals surface area contributed by atoms with E-state index >= 15 is 0 Å². The monoisotopic (exact) mass is 530 g/mol. The second-order valence-corrected chi connectivity index (χ2v) is 8.65. The van der Waals surface area contributed by atoms with Gasteiger partial charge in [-0.1, -0.05) is 50.1 Å². The van der Waals surface area contributed by atoms with Gasteiger partial charge in [0.1, 0.15) is 16.9 Å². The minimum absolute atomic E-state index is 0.0162. The molecule has 0 aliphatic carbocycles. The number of ketones is 1. The summed E-state index contributed by atoms with van der Waals surface area (Å²) in [4.78, 5) is 45.4. The maximum atomic E-state index is 13.2. The molecule has 2 aromatic heterocycles. The van der Waals surface area contributed by atoms with Gasteiger partial charge in [-0.05, 0) is 12.0 Å². The first-order chi connectivity index (χ1) is 18.2. The number of carbonyl (C=O) groups excluding carboxylic acids is 2. The zero-order valence-electron chi connectivity index (χ0n) is 20.4. The Morgan fingerprint density at radius 3 is 2.53 bits per heavy atom. The van der Waals surface area contributed by atoms with Crippen molar-refractivity contribution in [2.75, 3.05) is 0 Å². The summed E-state index contributed by atoms with van der Waals surface area (Å²) in [6.07, 6.45) is -2.37. The number of alkyl halides is 3. The molecule has 4 rings (SSSR count). The summed E-state index contributed by atoms with van der Waals surface area (Å²) in [6.45, 7) is 2.18. The molecular weight excluding hydrogens is 505 g/mol. The number of aromatic nitrogens is 4. The van der Waals surface area contributed by atoms with E-state index in [9.17, 15) is 27.6 Å². The standard InChI is InChI=1S/C24H25F3N8O3/c1-2-3-7-12-35-20-18(28-22(29-20)24(25,26)27)21(38)30-23(35)34-33-17(36)11-10-15-19(37)16(32-31-15)13-14-8-5-4-6-9-14/h4-6,8-9H,2-3,7,10-13H2,1H3,(H,28,29)(H,33,36)(H,30,34,38).